The van der Waals surface area contributed by atoms with Crippen LogP contribution >= 0.6 is 0 Å². The Morgan fingerprint density at radius 3 is 3.19 bits per heavy atom. The van der Waals surface area contributed by atoms with Crippen molar-refractivity contribution in [3.05, 3.63) is 18.7 Å². The number of imidazole rings is 1. The summed E-state index contributed by atoms with van der Waals surface area (Å²) < 4.78 is 0. The second kappa shape index (κ2) is 4.74. The molecule has 5 nitrogen and oxygen atoms in total. The number of pyridine rings is 1. The van der Waals surface area contributed by atoms with Crippen LogP contribution in [-0.4, -0.2) is 20.9 Å². The average Bonchev–Trinajstić information content (AvgIpc) is 2.75. The fourth-order valence-corrected chi connectivity index (χ4v) is 1.51. The molecule has 1 amide bonds. The number of hydrogen-bond acceptors (Lipinski definition) is 3. The largest absolute Gasteiger partial charge is 0.343 e. The van der Waals surface area contributed by atoms with Crippen LogP contribution in [0.3, 0.4) is 0 Å². The van der Waals surface area contributed by atoms with Gasteiger partial charge in [-0.25, -0.2) is 4.98 Å². The van der Waals surface area contributed by atoms with Crippen molar-refractivity contribution < 1.29 is 4.79 Å². The summed E-state index contributed by atoms with van der Waals surface area (Å²) in [5.74, 6) is 0.0131. The Morgan fingerprint density at radius 1 is 1.50 bits per heavy atom. The minimum absolute atomic E-state index is 0.0131. The summed E-state index contributed by atoms with van der Waals surface area (Å²) in [6, 6.07) is 0. The molecule has 0 aliphatic rings. The number of aromatic amines is 1. The number of hydrogen-bond donors (Lipinski definition) is 2. The third-order valence-corrected chi connectivity index (χ3v) is 2.36. The summed E-state index contributed by atoms with van der Waals surface area (Å²) >= 11 is 0. The molecule has 0 aliphatic carbocycles. The molecule has 0 saturated carbocycles. The highest BCUT2D eigenvalue weighted by Gasteiger charge is 2.07. The minimum atomic E-state index is 0.0131. The molecular formula is C11H14N4O. The van der Waals surface area contributed by atoms with Crippen molar-refractivity contribution in [3.63, 3.8) is 0 Å². The van der Waals surface area contributed by atoms with Gasteiger partial charge in [-0.15, -0.1) is 0 Å². The predicted octanol–water partition coefficient (Wildman–Crippen LogP) is 2.09. The number of fused-ring (bicyclic) bond motifs is 1. The van der Waals surface area contributed by atoms with Gasteiger partial charge in [0.2, 0.25) is 5.91 Å². The Bertz CT molecular complexity index is 491. The van der Waals surface area contributed by atoms with Crippen molar-refractivity contribution in [1.29, 1.82) is 0 Å². The van der Waals surface area contributed by atoms with E-state index in [-0.39, 0.29) is 5.91 Å². The summed E-state index contributed by atoms with van der Waals surface area (Å²) in [5.41, 5.74) is 2.24. The molecule has 0 radical (unpaired) electrons. The Hall–Kier alpha value is -1.91. The molecule has 0 aliphatic heterocycles. The van der Waals surface area contributed by atoms with Gasteiger partial charge in [0, 0.05) is 6.42 Å². The number of unbranched alkanes of at least 4 members (excludes halogenated alkanes) is 1. The topological polar surface area (TPSA) is 70.7 Å². The first-order chi connectivity index (χ1) is 7.81. The van der Waals surface area contributed by atoms with Gasteiger partial charge in [-0.05, 0) is 6.42 Å². The molecule has 0 aromatic carbocycles. The zero-order chi connectivity index (χ0) is 11.4. The van der Waals surface area contributed by atoms with Crippen LogP contribution < -0.4 is 5.32 Å². The van der Waals surface area contributed by atoms with Crippen LogP contribution in [0.4, 0.5) is 5.69 Å². The van der Waals surface area contributed by atoms with E-state index in [1.165, 1.54) is 0 Å². The Kier molecular flexibility index (Phi) is 3.14. The summed E-state index contributed by atoms with van der Waals surface area (Å²) in [7, 11) is 0. The van der Waals surface area contributed by atoms with Crippen molar-refractivity contribution in [2.45, 2.75) is 26.2 Å². The molecule has 16 heavy (non-hydrogen) atoms. The van der Waals surface area contributed by atoms with Crippen LogP contribution in [-0.2, 0) is 4.79 Å². The first-order valence-corrected chi connectivity index (χ1v) is 5.38. The fraction of sp³-hybridized carbons (Fsp3) is 0.364. The van der Waals surface area contributed by atoms with Crippen LogP contribution in [0.1, 0.15) is 26.2 Å². The molecular weight excluding hydrogens is 204 g/mol. The number of amides is 1. The Morgan fingerprint density at radius 2 is 2.38 bits per heavy atom. The van der Waals surface area contributed by atoms with Crippen LogP contribution in [0, 0.1) is 0 Å². The zero-order valence-electron chi connectivity index (χ0n) is 9.16. The number of aromatic nitrogens is 3. The highest BCUT2D eigenvalue weighted by atomic mass is 16.1. The second-order valence-electron chi connectivity index (χ2n) is 3.64. The van der Waals surface area contributed by atoms with Crippen molar-refractivity contribution in [2.75, 3.05) is 5.32 Å². The van der Waals surface area contributed by atoms with E-state index in [1.54, 1.807) is 18.7 Å². The maximum absolute atomic E-state index is 11.6. The maximum atomic E-state index is 11.6. The molecule has 0 bridgehead atoms. The molecule has 84 valence electrons. The molecule has 0 spiro atoms. The lowest BCUT2D eigenvalue weighted by molar-refractivity contribution is -0.116. The van der Waals surface area contributed by atoms with Crippen LogP contribution in [0.2, 0.25) is 0 Å². The van der Waals surface area contributed by atoms with Gasteiger partial charge in [-0.2, -0.15) is 0 Å². The molecule has 2 heterocycles. The fourth-order valence-electron chi connectivity index (χ4n) is 1.51. The van der Waals surface area contributed by atoms with Crippen LogP contribution in [0.5, 0.6) is 0 Å². The van der Waals surface area contributed by atoms with Gasteiger partial charge in [0.05, 0.1) is 29.9 Å². The lowest BCUT2D eigenvalue weighted by Gasteiger charge is -2.04. The number of anilines is 1. The number of H-pyrrole nitrogens is 1. The predicted molar refractivity (Wildman–Crippen MR) is 62.0 cm³/mol. The summed E-state index contributed by atoms with van der Waals surface area (Å²) in [5, 5.41) is 2.82. The molecule has 2 rings (SSSR count). The highest BCUT2D eigenvalue weighted by Crippen LogP contribution is 2.18. The van der Waals surface area contributed by atoms with E-state index in [1.807, 2.05) is 0 Å². The zero-order valence-corrected chi connectivity index (χ0v) is 9.16. The number of nitrogens with zero attached hydrogens (tertiary/aromatic N) is 2. The van der Waals surface area contributed by atoms with Crippen molar-refractivity contribution >= 4 is 22.6 Å². The number of nitrogens with one attached hydrogen (secondary N) is 2. The van der Waals surface area contributed by atoms with Crippen molar-refractivity contribution in [2.24, 2.45) is 0 Å². The van der Waals surface area contributed by atoms with Crippen molar-refractivity contribution in [1.82, 2.24) is 15.0 Å². The second-order valence-corrected chi connectivity index (χ2v) is 3.64. The standard InChI is InChI=1S/C11H14N4O/c1-2-3-4-10(16)15-9-6-12-5-8-11(9)14-7-13-8/h5-7H,2-4H2,1H3,(H,13,14)(H,15,16). The van der Waals surface area contributed by atoms with E-state index in [0.717, 1.165) is 23.9 Å². The lowest BCUT2D eigenvalue weighted by atomic mass is 10.2. The Balaban J connectivity index is 2.14. The van der Waals surface area contributed by atoms with Gasteiger partial charge in [-0.3, -0.25) is 9.78 Å². The molecule has 2 aromatic rings. The van der Waals surface area contributed by atoms with E-state index in [0.29, 0.717) is 12.1 Å². The first-order valence-electron chi connectivity index (χ1n) is 5.38. The minimum Gasteiger partial charge on any atom is -0.343 e. The van der Waals surface area contributed by atoms with E-state index >= 15 is 0 Å². The molecule has 2 aromatic heterocycles. The van der Waals surface area contributed by atoms with E-state index in [9.17, 15) is 4.79 Å². The smallest absolute Gasteiger partial charge is 0.224 e. The quantitative estimate of drug-likeness (QED) is 0.825. The molecule has 0 unspecified atom stereocenters. The maximum Gasteiger partial charge on any atom is 0.224 e. The first kappa shape index (κ1) is 10.6. The van der Waals surface area contributed by atoms with Gasteiger partial charge < -0.3 is 10.3 Å². The third-order valence-electron chi connectivity index (χ3n) is 2.36. The summed E-state index contributed by atoms with van der Waals surface area (Å²) in [6.07, 6.45) is 7.34. The molecule has 5 heteroatoms. The average molecular weight is 218 g/mol. The summed E-state index contributed by atoms with van der Waals surface area (Å²) in [6.45, 7) is 2.06. The SMILES string of the molecule is CCCCC(=O)Nc1cncc2[nH]cnc12. The van der Waals surface area contributed by atoms with Gasteiger partial charge in [0.25, 0.3) is 0 Å². The molecule has 0 saturated heterocycles. The van der Waals surface area contributed by atoms with E-state index in [2.05, 4.69) is 27.2 Å². The monoisotopic (exact) mass is 218 g/mol. The lowest BCUT2D eigenvalue weighted by Crippen LogP contribution is -2.11. The van der Waals surface area contributed by atoms with Crippen molar-refractivity contribution in [3.8, 4) is 0 Å². The normalized spacial score (nSPS) is 10.6. The highest BCUT2D eigenvalue weighted by molar-refractivity contribution is 5.98. The van der Waals surface area contributed by atoms with Gasteiger partial charge in [0.15, 0.2) is 0 Å². The van der Waals surface area contributed by atoms with E-state index in [4.69, 9.17) is 0 Å². The summed E-state index contributed by atoms with van der Waals surface area (Å²) in [4.78, 5) is 22.7. The molecule has 0 atom stereocenters. The van der Waals surface area contributed by atoms with Gasteiger partial charge >= 0.3 is 0 Å². The number of rotatable bonds is 4. The third kappa shape index (κ3) is 2.18. The van der Waals surface area contributed by atoms with Crippen LogP contribution in [0.15, 0.2) is 18.7 Å². The number of carbonyl (C=O) groups is 1. The number of carbonyl (C=O) groups excluding carboxylic acids is 1. The molecule has 0 fully saturated rings. The van der Waals surface area contributed by atoms with Gasteiger partial charge in [-0.1, -0.05) is 13.3 Å². The van der Waals surface area contributed by atoms with Gasteiger partial charge in [0.1, 0.15) is 5.52 Å². The van der Waals surface area contributed by atoms with Crippen LogP contribution in [0.25, 0.3) is 11.0 Å². The van der Waals surface area contributed by atoms with E-state index < -0.39 is 0 Å². The molecule has 2 N–H and O–H groups in total. The Labute approximate surface area is 93.3 Å².